The van der Waals surface area contributed by atoms with Crippen LogP contribution in [0.15, 0.2) is 47.4 Å². The molecule has 2 aromatic rings. The van der Waals surface area contributed by atoms with Gasteiger partial charge < -0.3 is 5.32 Å². The maximum absolute atomic E-state index is 12.3. The molecular weight excluding hydrogens is 296 g/mol. The molecule has 0 aliphatic heterocycles. The molecule has 0 bridgehead atoms. The van der Waals surface area contributed by atoms with E-state index in [0.29, 0.717) is 16.3 Å². The summed E-state index contributed by atoms with van der Waals surface area (Å²) < 4.78 is 27.2. The molecule has 0 saturated carbocycles. The Kier molecular flexibility index (Phi) is 4.20. The van der Waals surface area contributed by atoms with Crippen molar-refractivity contribution < 1.29 is 8.42 Å². The second kappa shape index (κ2) is 5.73. The molecule has 2 N–H and O–H groups in total. The lowest BCUT2D eigenvalue weighted by Crippen LogP contribution is -2.14. The fourth-order valence-electron chi connectivity index (χ4n) is 1.79. The largest absolute Gasteiger partial charge is 0.388 e. The maximum Gasteiger partial charge on any atom is 0.262 e. The Labute approximate surface area is 123 Å². The van der Waals surface area contributed by atoms with Crippen LogP contribution >= 0.6 is 11.6 Å². The van der Waals surface area contributed by atoms with E-state index in [1.54, 1.807) is 50.4 Å². The molecule has 2 aromatic carbocycles. The first-order valence-corrected chi connectivity index (χ1v) is 7.86. The van der Waals surface area contributed by atoms with Crippen molar-refractivity contribution >= 4 is 33.0 Å². The first-order valence-electron chi connectivity index (χ1n) is 6.00. The number of hydrogen-bond acceptors (Lipinski definition) is 3. The third kappa shape index (κ3) is 3.05. The average molecular weight is 311 g/mol. The summed E-state index contributed by atoms with van der Waals surface area (Å²) in [6, 6.07) is 11.8. The summed E-state index contributed by atoms with van der Waals surface area (Å²) in [4.78, 5) is 0.183. The van der Waals surface area contributed by atoms with E-state index in [-0.39, 0.29) is 4.90 Å². The highest BCUT2D eigenvalue weighted by atomic mass is 35.5. The lowest BCUT2D eigenvalue weighted by atomic mass is 10.2. The molecule has 0 amide bonds. The summed E-state index contributed by atoms with van der Waals surface area (Å²) in [5, 5.41) is 3.40. The molecular formula is C14H15ClN2O2S. The van der Waals surface area contributed by atoms with Gasteiger partial charge in [-0.1, -0.05) is 17.7 Å². The van der Waals surface area contributed by atoms with Crippen molar-refractivity contribution in [2.75, 3.05) is 17.1 Å². The number of nitrogens with one attached hydrogen (secondary N) is 2. The molecule has 0 unspecified atom stereocenters. The predicted molar refractivity (Wildman–Crippen MR) is 83.0 cm³/mol. The van der Waals surface area contributed by atoms with Crippen LogP contribution in [-0.4, -0.2) is 15.5 Å². The van der Waals surface area contributed by atoms with Gasteiger partial charge in [0.2, 0.25) is 0 Å². The molecule has 106 valence electrons. The van der Waals surface area contributed by atoms with Crippen LogP contribution in [0.2, 0.25) is 5.02 Å². The van der Waals surface area contributed by atoms with Gasteiger partial charge in [0.25, 0.3) is 10.0 Å². The fraction of sp³-hybridized carbons (Fsp3) is 0.143. The molecule has 0 fully saturated rings. The zero-order chi connectivity index (χ0) is 14.8. The highest BCUT2D eigenvalue weighted by molar-refractivity contribution is 7.92. The van der Waals surface area contributed by atoms with Gasteiger partial charge in [0.05, 0.1) is 4.90 Å². The minimum atomic E-state index is -3.64. The van der Waals surface area contributed by atoms with Gasteiger partial charge in [-0.25, -0.2) is 8.42 Å². The number of benzene rings is 2. The van der Waals surface area contributed by atoms with Crippen molar-refractivity contribution in [3.05, 3.63) is 53.1 Å². The molecule has 0 saturated heterocycles. The Morgan fingerprint density at radius 3 is 2.20 bits per heavy atom. The topological polar surface area (TPSA) is 58.2 Å². The summed E-state index contributed by atoms with van der Waals surface area (Å²) in [5.41, 5.74) is 1.95. The Bertz CT molecular complexity index is 712. The van der Waals surface area contributed by atoms with Crippen LogP contribution in [-0.2, 0) is 10.0 Å². The summed E-state index contributed by atoms with van der Waals surface area (Å²) in [5.74, 6) is 0. The van der Waals surface area contributed by atoms with Crippen LogP contribution in [0.25, 0.3) is 0 Å². The molecule has 0 atom stereocenters. The van der Waals surface area contributed by atoms with Gasteiger partial charge in [-0.3, -0.25) is 4.72 Å². The van der Waals surface area contributed by atoms with Crippen molar-refractivity contribution in [3.63, 3.8) is 0 Å². The smallest absolute Gasteiger partial charge is 0.262 e. The van der Waals surface area contributed by atoms with Crippen molar-refractivity contribution in [2.24, 2.45) is 0 Å². The summed E-state index contributed by atoms with van der Waals surface area (Å²) in [6.07, 6.45) is 0. The van der Waals surface area contributed by atoms with Crippen LogP contribution < -0.4 is 10.0 Å². The van der Waals surface area contributed by atoms with Crippen LogP contribution in [0.3, 0.4) is 0 Å². The van der Waals surface area contributed by atoms with E-state index in [9.17, 15) is 8.42 Å². The van der Waals surface area contributed by atoms with E-state index in [4.69, 9.17) is 11.6 Å². The monoisotopic (exact) mass is 310 g/mol. The van der Waals surface area contributed by atoms with Crippen LogP contribution in [0.5, 0.6) is 0 Å². The Morgan fingerprint density at radius 1 is 1.00 bits per heavy atom. The van der Waals surface area contributed by atoms with E-state index in [1.165, 1.54) is 6.07 Å². The molecule has 0 aromatic heterocycles. The highest BCUT2D eigenvalue weighted by Gasteiger charge is 2.18. The van der Waals surface area contributed by atoms with Crippen molar-refractivity contribution in [1.29, 1.82) is 0 Å². The van der Waals surface area contributed by atoms with Crippen molar-refractivity contribution in [1.82, 2.24) is 0 Å². The molecule has 0 spiro atoms. The van der Waals surface area contributed by atoms with Crippen LogP contribution in [0.4, 0.5) is 11.4 Å². The summed E-state index contributed by atoms with van der Waals surface area (Å²) in [6.45, 7) is 1.68. The summed E-state index contributed by atoms with van der Waals surface area (Å²) in [7, 11) is -1.84. The van der Waals surface area contributed by atoms with E-state index in [0.717, 1.165) is 5.69 Å². The lowest BCUT2D eigenvalue weighted by Gasteiger charge is -2.11. The molecule has 6 heteroatoms. The third-order valence-corrected chi connectivity index (χ3v) is 4.87. The van der Waals surface area contributed by atoms with E-state index < -0.39 is 10.0 Å². The second-order valence-electron chi connectivity index (χ2n) is 4.30. The van der Waals surface area contributed by atoms with Gasteiger partial charge >= 0.3 is 0 Å². The average Bonchev–Trinajstić information content (AvgIpc) is 2.42. The SMILES string of the molecule is CNc1ccc(NS(=O)(=O)c2cccc(Cl)c2C)cc1. The van der Waals surface area contributed by atoms with E-state index in [1.807, 2.05) is 0 Å². The molecule has 4 nitrogen and oxygen atoms in total. The van der Waals surface area contributed by atoms with Crippen molar-refractivity contribution in [2.45, 2.75) is 11.8 Å². The normalized spacial score (nSPS) is 11.2. The Balaban J connectivity index is 2.33. The Hall–Kier alpha value is -1.72. The highest BCUT2D eigenvalue weighted by Crippen LogP contribution is 2.25. The maximum atomic E-state index is 12.3. The Morgan fingerprint density at radius 2 is 1.60 bits per heavy atom. The number of rotatable bonds is 4. The van der Waals surface area contributed by atoms with E-state index in [2.05, 4.69) is 10.0 Å². The third-order valence-electron chi connectivity index (χ3n) is 2.93. The minimum Gasteiger partial charge on any atom is -0.388 e. The molecule has 0 heterocycles. The van der Waals surface area contributed by atoms with Crippen LogP contribution in [0.1, 0.15) is 5.56 Å². The lowest BCUT2D eigenvalue weighted by molar-refractivity contribution is 0.600. The van der Waals surface area contributed by atoms with Gasteiger partial charge in [0, 0.05) is 23.4 Å². The van der Waals surface area contributed by atoms with E-state index >= 15 is 0 Å². The number of halogens is 1. The van der Waals surface area contributed by atoms with Gasteiger partial charge in [-0.15, -0.1) is 0 Å². The zero-order valence-electron chi connectivity index (χ0n) is 11.1. The minimum absolute atomic E-state index is 0.183. The fourth-order valence-corrected chi connectivity index (χ4v) is 3.35. The van der Waals surface area contributed by atoms with Gasteiger partial charge in [0.1, 0.15) is 0 Å². The van der Waals surface area contributed by atoms with Crippen molar-refractivity contribution in [3.8, 4) is 0 Å². The molecule has 2 rings (SSSR count). The molecule has 0 radical (unpaired) electrons. The summed E-state index contributed by atoms with van der Waals surface area (Å²) >= 11 is 5.96. The van der Waals surface area contributed by atoms with Gasteiger partial charge in [-0.05, 0) is 48.9 Å². The second-order valence-corrected chi connectivity index (χ2v) is 6.35. The number of anilines is 2. The molecule has 0 aliphatic rings. The first kappa shape index (κ1) is 14.7. The standard InChI is InChI=1S/C14H15ClN2O2S/c1-10-13(15)4-3-5-14(10)20(18,19)17-12-8-6-11(16-2)7-9-12/h3-9,16-17H,1-2H3. The number of hydrogen-bond donors (Lipinski definition) is 2. The molecule has 0 aliphatic carbocycles. The number of sulfonamides is 1. The van der Waals surface area contributed by atoms with Crippen LogP contribution in [0, 0.1) is 6.92 Å². The zero-order valence-corrected chi connectivity index (χ0v) is 12.7. The predicted octanol–water partition coefficient (Wildman–Crippen LogP) is 3.49. The quantitative estimate of drug-likeness (QED) is 0.909. The van der Waals surface area contributed by atoms with Gasteiger partial charge in [-0.2, -0.15) is 0 Å². The van der Waals surface area contributed by atoms with Gasteiger partial charge in [0.15, 0.2) is 0 Å². The molecule has 20 heavy (non-hydrogen) atoms. The first-order chi connectivity index (χ1) is 9.44.